The summed E-state index contributed by atoms with van der Waals surface area (Å²) in [5, 5.41) is 0. The highest BCUT2D eigenvalue weighted by Crippen LogP contribution is 2.43. The van der Waals surface area contributed by atoms with Gasteiger partial charge in [0.25, 0.3) is 0 Å². The molecule has 4 heteroatoms. The Morgan fingerprint density at radius 3 is 1.02 bits per heavy atom. The first-order valence-electron chi connectivity index (χ1n) is 43.6. The fraction of sp³-hybridized carbons (Fsp3) is 0.421. The van der Waals surface area contributed by atoms with E-state index in [1.807, 2.05) is 203 Å². The number of nitrogens with zero attached hydrogens (tertiary/aromatic N) is 4. The SMILES string of the molecule is C/C=C1/CCc2cccc(C)c21.C/C=C1/CCc2cncc(C)c21.C/C=C1/CCc2nccc(C)c21.C/C=C1/Cc2ccccc2-c2cccc(C)c21.C/C=C1/Cc2ccccc2-c2cncc(C)c21.C/C=C1/Cc2ccccc2-c2nccc(C)c21.CC.CC.CC.CC.CC.CC.CC.CC.CC.CC.CC.CC. The van der Waals surface area contributed by atoms with Gasteiger partial charge in [-0.25, -0.2) is 0 Å². The summed E-state index contributed by atoms with van der Waals surface area (Å²) >= 11 is 0. The molecule has 4 aromatic heterocycles. The maximum absolute atomic E-state index is 4.58. The van der Waals surface area contributed by atoms with Crippen LogP contribution in [0.1, 0.15) is 327 Å². The fourth-order valence-electron chi connectivity index (χ4n) is 14.0. The first-order chi connectivity index (χ1) is 54.4. The number of rotatable bonds is 0. The van der Waals surface area contributed by atoms with Crippen LogP contribution in [0, 0.1) is 41.5 Å². The fourth-order valence-corrected chi connectivity index (χ4v) is 14.0. The van der Waals surface area contributed by atoms with Crippen LogP contribution in [0.15, 0.2) is 195 Å². The molecule has 0 amide bonds. The van der Waals surface area contributed by atoms with Gasteiger partial charge in [-0.1, -0.05) is 312 Å². The van der Waals surface area contributed by atoms with E-state index in [0.29, 0.717) is 0 Å². The Hall–Kier alpha value is -8.86. The van der Waals surface area contributed by atoms with Crippen LogP contribution in [0.2, 0.25) is 0 Å². The molecule has 0 fully saturated rings. The summed E-state index contributed by atoms with van der Waals surface area (Å²) in [7, 11) is 0. The van der Waals surface area contributed by atoms with E-state index in [0.717, 1.165) is 31.4 Å². The zero-order chi connectivity index (χ0) is 85.1. The van der Waals surface area contributed by atoms with Gasteiger partial charge < -0.3 is 0 Å². The molecule has 6 aliphatic rings. The predicted molar refractivity (Wildman–Crippen MR) is 509 cm³/mol. The van der Waals surface area contributed by atoms with E-state index in [1.54, 1.807) is 0 Å². The molecular formula is C107H158N4. The lowest BCUT2D eigenvalue weighted by Crippen LogP contribution is -2.06. The van der Waals surface area contributed by atoms with Crippen molar-refractivity contribution in [2.75, 3.05) is 0 Å². The Labute approximate surface area is 684 Å². The van der Waals surface area contributed by atoms with Crippen molar-refractivity contribution in [2.24, 2.45) is 0 Å². The van der Waals surface area contributed by atoms with Crippen LogP contribution in [0.25, 0.3) is 66.9 Å². The van der Waals surface area contributed by atoms with Crippen molar-refractivity contribution in [1.82, 2.24) is 19.9 Å². The van der Waals surface area contributed by atoms with Crippen LogP contribution in [0.3, 0.4) is 0 Å². The maximum Gasteiger partial charge on any atom is 0.0782 e. The normalized spacial score (nSPS) is 13.7. The van der Waals surface area contributed by atoms with E-state index < -0.39 is 0 Å². The average molecular weight is 1500 g/mol. The van der Waals surface area contributed by atoms with E-state index in [4.69, 9.17) is 0 Å². The molecule has 0 atom stereocenters. The average Bonchev–Trinajstić information content (AvgIpc) is 1.73. The van der Waals surface area contributed by atoms with Crippen molar-refractivity contribution in [3.63, 3.8) is 0 Å². The molecular weight excluding hydrogens is 1340 g/mol. The zero-order valence-electron chi connectivity index (χ0n) is 77.6. The standard InChI is InChI=1S/C17H16.2C16H15N.C12H14.2C11H13N.12C2H6/c1-3-13-11-14-8-4-5-9-15(14)16-10-6-7-12(2)17(13)16;1-3-12-8-13-6-4-5-7-14(13)15-10-17-9-11(2)16(12)15;1-3-12-10-13-6-4-5-7-14(13)16-15(12)11(2)8-9-17-16;1-3-10-7-8-11-6-4-5-9(2)12(10)11;1-3-9-4-5-10-7-12-6-8(2)11(9)10;1-3-9-4-5-10-11(9)8(2)6-7-12-10;12*1-2/h3-10H,11H2,1-2H3;3-7,9-10H,8H2,1-2H3;3-9H,10H2,1-2H3;3-6H,7-8H2,1-2H3;2*3,6-7H,4-5H2,1-2H3;12*1-2H3/b13-3-;2*12-3-;10-3-;2*9-3-;;;;;;;;;;;;. The smallest absolute Gasteiger partial charge is 0.0782 e. The number of hydrogen-bond acceptors (Lipinski definition) is 4. The number of pyridine rings is 4. The summed E-state index contributed by atoms with van der Waals surface area (Å²) in [5.74, 6) is 0. The largest absolute Gasteiger partial charge is 0.264 e. The quantitative estimate of drug-likeness (QED) is 0.152. The molecule has 0 spiro atoms. The van der Waals surface area contributed by atoms with Gasteiger partial charge in [0.1, 0.15) is 0 Å². The maximum atomic E-state index is 4.58. The summed E-state index contributed by atoms with van der Waals surface area (Å²) in [6.07, 6.45) is 35.3. The molecule has 9 aromatic rings. The zero-order valence-corrected chi connectivity index (χ0v) is 77.6. The molecule has 0 saturated heterocycles. The summed E-state index contributed by atoms with van der Waals surface area (Å²) < 4.78 is 0. The Balaban J connectivity index is -0.00000120. The Morgan fingerprint density at radius 2 is 0.541 bits per heavy atom. The third kappa shape index (κ3) is 29.6. The first kappa shape index (κ1) is 106. The second-order valence-corrected chi connectivity index (χ2v) is 23.7. The second-order valence-electron chi connectivity index (χ2n) is 23.7. The van der Waals surface area contributed by atoms with Crippen molar-refractivity contribution in [3.8, 4) is 33.5 Å². The molecule has 0 N–H and O–H groups in total. The van der Waals surface area contributed by atoms with Crippen LogP contribution in [-0.4, -0.2) is 19.9 Å². The number of aryl methyl sites for hydroxylation is 9. The highest BCUT2D eigenvalue weighted by atomic mass is 14.7. The summed E-state index contributed by atoms with van der Waals surface area (Å²) in [6, 6.07) is 43.3. The topological polar surface area (TPSA) is 51.6 Å². The predicted octanol–water partition coefficient (Wildman–Crippen LogP) is 33.8. The minimum Gasteiger partial charge on any atom is -0.264 e. The molecule has 606 valence electrons. The van der Waals surface area contributed by atoms with Gasteiger partial charge in [-0.05, 0) is 287 Å². The van der Waals surface area contributed by atoms with Crippen LogP contribution in [-0.2, 0) is 38.5 Å². The van der Waals surface area contributed by atoms with E-state index in [9.17, 15) is 0 Å². The molecule has 4 heterocycles. The van der Waals surface area contributed by atoms with E-state index >= 15 is 0 Å². The number of hydrogen-bond donors (Lipinski definition) is 0. The van der Waals surface area contributed by atoms with Gasteiger partial charge in [0.15, 0.2) is 0 Å². The molecule has 6 aliphatic carbocycles. The molecule has 5 aromatic carbocycles. The number of fused-ring (bicyclic) bond motifs is 12. The van der Waals surface area contributed by atoms with Crippen LogP contribution < -0.4 is 0 Å². The molecule has 0 saturated carbocycles. The third-order valence-corrected chi connectivity index (χ3v) is 18.4. The lowest BCUT2D eigenvalue weighted by atomic mass is 9.80. The molecule has 4 nitrogen and oxygen atoms in total. The third-order valence-electron chi connectivity index (χ3n) is 18.4. The molecule has 0 bridgehead atoms. The van der Waals surface area contributed by atoms with Gasteiger partial charge in [0.05, 0.1) is 5.69 Å². The van der Waals surface area contributed by atoms with Gasteiger partial charge in [0, 0.05) is 65.1 Å². The van der Waals surface area contributed by atoms with Gasteiger partial charge in [-0.15, -0.1) is 0 Å². The lowest BCUT2D eigenvalue weighted by molar-refractivity contribution is 1.01. The molecule has 0 unspecified atom stereocenters. The summed E-state index contributed by atoms with van der Waals surface area (Å²) in [6.45, 7) is 73.7. The Morgan fingerprint density at radius 1 is 0.225 bits per heavy atom. The highest BCUT2D eigenvalue weighted by molar-refractivity contribution is 5.91. The Kier molecular flexibility index (Phi) is 61.0. The summed E-state index contributed by atoms with van der Waals surface area (Å²) in [4.78, 5) is 17.5. The van der Waals surface area contributed by atoms with E-state index in [1.165, 1.54) is 194 Å². The van der Waals surface area contributed by atoms with Crippen molar-refractivity contribution in [1.29, 1.82) is 0 Å². The minimum absolute atomic E-state index is 1.02. The van der Waals surface area contributed by atoms with Crippen molar-refractivity contribution in [3.05, 3.63) is 295 Å². The number of allylic oxidation sites excluding steroid dienone is 12. The lowest BCUT2D eigenvalue weighted by Gasteiger charge is -2.24. The van der Waals surface area contributed by atoms with Gasteiger partial charge >= 0.3 is 0 Å². The first-order valence-corrected chi connectivity index (χ1v) is 43.6. The molecule has 111 heavy (non-hydrogen) atoms. The van der Waals surface area contributed by atoms with E-state index in [2.05, 4.69) is 261 Å². The van der Waals surface area contributed by atoms with Gasteiger partial charge in [-0.2, -0.15) is 0 Å². The van der Waals surface area contributed by atoms with Gasteiger partial charge in [-0.3, -0.25) is 19.9 Å². The number of aromatic nitrogens is 4. The van der Waals surface area contributed by atoms with E-state index in [-0.39, 0.29) is 0 Å². The van der Waals surface area contributed by atoms with Gasteiger partial charge in [0.2, 0.25) is 0 Å². The highest BCUT2D eigenvalue weighted by Gasteiger charge is 2.25. The van der Waals surface area contributed by atoms with Crippen molar-refractivity contribution in [2.45, 2.75) is 307 Å². The van der Waals surface area contributed by atoms with Crippen LogP contribution in [0.4, 0.5) is 0 Å². The molecule has 15 rings (SSSR count). The van der Waals surface area contributed by atoms with Crippen LogP contribution >= 0.6 is 0 Å². The monoisotopic (exact) mass is 1500 g/mol. The number of benzene rings is 5. The van der Waals surface area contributed by atoms with Crippen molar-refractivity contribution >= 4 is 33.4 Å². The van der Waals surface area contributed by atoms with Crippen LogP contribution in [0.5, 0.6) is 0 Å². The summed E-state index contributed by atoms with van der Waals surface area (Å²) in [5.41, 5.74) is 41.6. The van der Waals surface area contributed by atoms with Crippen molar-refractivity contribution < 1.29 is 0 Å². The molecule has 0 aliphatic heterocycles. The minimum atomic E-state index is 1.02. The second kappa shape index (κ2) is 63.7. The Bertz CT molecular complexity index is 3780. The molecule has 0 radical (unpaired) electrons.